The second-order valence-electron chi connectivity index (χ2n) is 12.1. The summed E-state index contributed by atoms with van der Waals surface area (Å²) in [5.74, 6) is 0.786. The number of halogens is 3. The number of nitrogens with one attached hydrogen (secondary N) is 1. The van der Waals surface area contributed by atoms with Crippen LogP contribution in [0.4, 0.5) is 18.9 Å². The summed E-state index contributed by atoms with van der Waals surface area (Å²) in [7, 11) is 1.85. The SMILES string of the molecule is CC(C)Oc1ccc(CN2CCN(C(=O)c3cc4ccc(Oc5ccc(NC(=O)c6ccc(C(F)(F)F)cc6)cn5)cc4n3C)CC2)cn1. The molecule has 5 aromatic rings. The van der Waals surface area contributed by atoms with Crippen molar-refractivity contribution < 1.29 is 32.2 Å². The van der Waals surface area contributed by atoms with E-state index in [9.17, 15) is 22.8 Å². The van der Waals surface area contributed by atoms with Crippen molar-refractivity contribution in [2.24, 2.45) is 7.05 Å². The number of nitrogens with zero attached hydrogens (tertiary/aromatic N) is 5. The van der Waals surface area contributed by atoms with E-state index in [0.717, 1.165) is 60.4 Å². The first-order valence-corrected chi connectivity index (χ1v) is 15.8. The molecular weight excluding hydrogens is 637 g/mol. The van der Waals surface area contributed by atoms with Crippen LogP contribution in [0, 0.1) is 0 Å². The lowest BCUT2D eigenvalue weighted by molar-refractivity contribution is -0.137. The Hall–Kier alpha value is -5.43. The van der Waals surface area contributed by atoms with Gasteiger partial charge < -0.3 is 24.3 Å². The number of ether oxygens (including phenoxy) is 2. The van der Waals surface area contributed by atoms with Crippen LogP contribution in [0.3, 0.4) is 0 Å². The third-order valence-electron chi connectivity index (χ3n) is 8.15. The molecule has 3 aromatic heterocycles. The minimum absolute atomic E-state index is 0.0340. The Morgan fingerprint density at radius 1 is 0.878 bits per heavy atom. The second kappa shape index (κ2) is 14.0. The van der Waals surface area contributed by atoms with E-state index in [1.807, 2.05) is 66.9 Å². The molecule has 1 N–H and O–H groups in total. The van der Waals surface area contributed by atoms with Crippen LogP contribution in [-0.4, -0.2) is 68.4 Å². The summed E-state index contributed by atoms with van der Waals surface area (Å²) in [5, 5.41) is 3.50. The third-order valence-corrected chi connectivity index (χ3v) is 8.15. The molecule has 49 heavy (non-hydrogen) atoms. The molecule has 1 aliphatic heterocycles. The van der Waals surface area contributed by atoms with Gasteiger partial charge >= 0.3 is 6.18 Å². The lowest BCUT2D eigenvalue weighted by Gasteiger charge is -2.34. The van der Waals surface area contributed by atoms with Gasteiger partial charge in [0.2, 0.25) is 11.8 Å². The summed E-state index contributed by atoms with van der Waals surface area (Å²) >= 11 is 0. The molecule has 0 spiro atoms. The number of carbonyl (C=O) groups excluding carboxylic acids is 2. The highest BCUT2D eigenvalue weighted by molar-refractivity contribution is 6.04. The Balaban J connectivity index is 1.04. The van der Waals surface area contributed by atoms with E-state index in [-0.39, 0.29) is 23.5 Å². The van der Waals surface area contributed by atoms with Crippen molar-refractivity contribution in [3.63, 3.8) is 0 Å². The minimum Gasteiger partial charge on any atom is -0.475 e. The van der Waals surface area contributed by atoms with Gasteiger partial charge in [0.1, 0.15) is 11.4 Å². The first-order chi connectivity index (χ1) is 23.4. The van der Waals surface area contributed by atoms with Crippen LogP contribution in [0.5, 0.6) is 17.5 Å². The molecule has 6 rings (SSSR count). The number of fused-ring (bicyclic) bond motifs is 1. The molecule has 0 atom stereocenters. The first-order valence-electron chi connectivity index (χ1n) is 15.8. The van der Waals surface area contributed by atoms with Gasteiger partial charge in [-0.1, -0.05) is 6.07 Å². The number of amides is 2. The zero-order chi connectivity index (χ0) is 34.7. The number of benzene rings is 2. The van der Waals surface area contributed by atoms with Crippen LogP contribution in [0.2, 0.25) is 0 Å². The van der Waals surface area contributed by atoms with Crippen LogP contribution in [0.25, 0.3) is 10.9 Å². The van der Waals surface area contributed by atoms with Crippen LogP contribution >= 0.6 is 0 Å². The fourth-order valence-corrected chi connectivity index (χ4v) is 5.57. The van der Waals surface area contributed by atoms with Crippen molar-refractivity contribution in [3.05, 3.63) is 108 Å². The van der Waals surface area contributed by atoms with Crippen molar-refractivity contribution in [3.8, 4) is 17.5 Å². The van der Waals surface area contributed by atoms with Crippen LogP contribution in [0.15, 0.2) is 85.2 Å². The maximum Gasteiger partial charge on any atom is 0.416 e. The number of hydrogen-bond acceptors (Lipinski definition) is 7. The minimum atomic E-state index is -4.48. The van der Waals surface area contributed by atoms with Gasteiger partial charge in [-0.2, -0.15) is 13.2 Å². The van der Waals surface area contributed by atoms with Crippen LogP contribution in [0.1, 0.15) is 45.8 Å². The van der Waals surface area contributed by atoms with Gasteiger partial charge in [0.15, 0.2) is 0 Å². The number of rotatable bonds is 9. The summed E-state index contributed by atoms with van der Waals surface area (Å²) in [5.41, 5.74) is 2.09. The maximum atomic E-state index is 13.6. The lowest BCUT2D eigenvalue weighted by Crippen LogP contribution is -2.48. The maximum absolute atomic E-state index is 13.6. The predicted molar refractivity (Wildman–Crippen MR) is 178 cm³/mol. The monoisotopic (exact) mass is 672 g/mol. The molecule has 4 heterocycles. The number of piperazine rings is 1. The van der Waals surface area contributed by atoms with E-state index in [1.54, 1.807) is 18.2 Å². The Labute approximate surface area is 281 Å². The fraction of sp³-hybridized carbons (Fsp3) is 0.278. The average Bonchev–Trinajstić information content (AvgIpc) is 3.41. The van der Waals surface area contributed by atoms with E-state index < -0.39 is 17.6 Å². The smallest absolute Gasteiger partial charge is 0.416 e. The average molecular weight is 673 g/mol. The van der Waals surface area contributed by atoms with Gasteiger partial charge in [0.05, 0.1) is 29.1 Å². The predicted octanol–water partition coefficient (Wildman–Crippen LogP) is 6.78. The molecular formula is C36H35F3N6O4. The molecule has 0 unspecified atom stereocenters. The van der Waals surface area contributed by atoms with E-state index in [4.69, 9.17) is 9.47 Å². The fourth-order valence-electron chi connectivity index (χ4n) is 5.57. The van der Waals surface area contributed by atoms with E-state index >= 15 is 0 Å². The van der Waals surface area contributed by atoms with Crippen LogP contribution in [-0.2, 0) is 19.8 Å². The Morgan fingerprint density at radius 2 is 1.59 bits per heavy atom. The van der Waals surface area contributed by atoms with Crippen LogP contribution < -0.4 is 14.8 Å². The van der Waals surface area contributed by atoms with Crippen molar-refractivity contribution in [1.29, 1.82) is 0 Å². The number of anilines is 1. The summed E-state index contributed by atoms with van der Waals surface area (Å²) in [6.45, 7) is 7.42. The number of aromatic nitrogens is 3. The van der Waals surface area contributed by atoms with Gasteiger partial charge in [-0.3, -0.25) is 14.5 Å². The highest BCUT2D eigenvalue weighted by Crippen LogP contribution is 2.30. The number of alkyl halides is 3. The molecule has 13 heteroatoms. The Morgan fingerprint density at radius 3 is 2.22 bits per heavy atom. The molecule has 2 amide bonds. The zero-order valence-corrected chi connectivity index (χ0v) is 27.2. The molecule has 10 nitrogen and oxygen atoms in total. The lowest BCUT2D eigenvalue weighted by atomic mass is 10.1. The molecule has 1 saturated heterocycles. The van der Waals surface area contributed by atoms with Gasteiger partial charge in [-0.05, 0) is 67.9 Å². The van der Waals surface area contributed by atoms with Crippen molar-refractivity contribution >= 4 is 28.4 Å². The zero-order valence-electron chi connectivity index (χ0n) is 27.2. The van der Waals surface area contributed by atoms with Crippen molar-refractivity contribution in [2.75, 3.05) is 31.5 Å². The highest BCUT2D eigenvalue weighted by atomic mass is 19.4. The van der Waals surface area contributed by atoms with Crippen molar-refractivity contribution in [1.82, 2.24) is 24.3 Å². The number of hydrogen-bond donors (Lipinski definition) is 1. The number of aryl methyl sites for hydroxylation is 1. The summed E-state index contributed by atoms with van der Waals surface area (Å²) in [6.07, 6.45) is -1.18. The molecule has 1 aliphatic rings. The molecule has 0 aliphatic carbocycles. The largest absolute Gasteiger partial charge is 0.475 e. The second-order valence-corrected chi connectivity index (χ2v) is 12.1. The molecule has 1 fully saturated rings. The number of pyridine rings is 2. The Bertz CT molecular complexity index is 1930. The van der Waals surface area contributed by atoms with Crippen molar-refractivity contribution in [2.45, 2.75) is 32.7 Å². The normalized spacial score (nSPS) is 13.9. The van der Waals surface area contributed by atoms with Gasteiger partial charge in [-0.25, -0.2) is 9.97 Å². The molecule has 0 saturated carbocycles. The molecule has 2 aromatic carbocycles. The quantitative estimate of drug-likeness (QED) is 0.184. The third kappa shape index (κ3) is 8.00. The standard InChI is InChI=1S/C36H35F3N6O4/c1-23(2)48-32-12-4-24(20-40-32)22-44-14-16-45(17-15-44)35(47)31-18-26-7-11-29(19-30(26)43(31)3)49-33-13-10-28(21-41-33)42-34(46)25-5-8-27(9-6-25)36(37,38)39/h4-13,18-21,23H,14-17,22H2,1-3H3,(H,42,46). The first kappa shape index (κ1) is 33.5. The van der Waals surface area contributed by atoms with E-state index in [1.165, 1.54) is 6.20 Å². The summed E-state index contributed by atoms with van der Waals surface area (Å²) in [6, 6.07) is 18.4. The van der Waals surface area contributed by atoms with Gasteiger partial charge in [0, 0.05) is 75.1 Å². The summed E-state index contributed by atoms with van der Waals surface area (Å²) in [4.78, 5) is 38.9. The topological polar surface area (TPSA) is 102 Å². The van der Waals surface area contributed by atoms with E-state index in [2.05, 4.69) is 20.2 Å². The van der Waals surface area contributed by atoms with E-state index in [0.29, 0.717) is 36.1 Å². The van der Waals surface area contributed by atoms with Gasteiger partial charge in [0.25, 0.3) is 11.8 Å². The molecule has 254 valence electrons. The highest BCUT2D eigenvalue weighted by Gasteiger charge is 2.30. The Kier molecular flexibility index (Phi) is 9.54. The number of carbonyl (C=O) groups is 2. The van der Waals surface area contributed by atoms with Gasteiger partial charge in [-0.15, -0.1) is 0 Å². The molecule has 0 bridgehead atoms. The summed E-state index contributed by atoms with van der Waals surface area (Å²) < 4.78 is 51.9. The molecule has 0 radical (unpaired) electrons.